The first-order valence-electron chi connectivity index (χ1n) is 9.54. The Labute approximate surface area is 174 Å². The van der Waals surface area contributed by atoms with Gasteiger partial charge < -0.3 is 24.5 Å². The van der Waals surface area contributed by atoms with Crippen molar-refractivity contribution in [1.82, 2.24) is 19.3 Å². The molecule has 3 aromatic rings. The molecule has 0 aliphatic carbocycles. The fourth-order valence-electron chi connectivity index (χ4n) is 3.21. The van der Waals surface area contributed by atoms with Crippen molar-refractivity contribution in [1.29, 1.82) is 0 Å². The molecular formula is C19H23N5O5S. The number of rotatable bonds is 7. The first-order valence-corrected chi connectivity index (χ1v) is 11.0. The van der Waals surface area contributed by atoms with Gasteiger partial charge in [-0.25, -0.2) is 8.42 Å². The summed E-state index contributed by atoms with van der Waals surface area (Å²) < 4.78 is 43.5. The van der Waals surface area contributed by atoms with E-state index in [1.807, 2.05) is 13.0 Å². The average molecular weight is 433 g/mol. The number of nitrogens with one attached hydrogen (secondary N) is 2. The number of nitrogens with zero attached hydrogens (tertiary/aromatic N) is 3. The number of hydrogen-bond acceptors (Lipinski definition) is 8. The predicted octanol–water partition coefficient (Wildman–Crippen LogP) is 2.13. The third-order valence-electron chi connectivity index (χ3n) is 4.69. The van der Waals surface area contributed by atoms with Crippen LogP contribution in [-0.2, 0) is 14.8 Å². The lowest BCUT2D eigenvalue weighted by molar-refractivity contribution is 0.0730. The van der Waals surface area contributed by atoms with Crippen molar-refractivity contribution in [2.24, 2.45) is 0 Å². The summed E-state index contributed by atoms with van der Waals surface area (Å²) >= 11 is 0. The maximum atomic E-state index is 12.9. The molecule has 1 fully saturated rings. The largest absolute Gasteiger partial charge is 0.495 e. The second kappa shape index (κ2) is 8.46. The Hall–Kier alpha value is -2.89. The van der Waals surface area contributed by atoms with Crippen LogP contribution in [0.2, 0.25) is 0 Å². The molecule has 1 aliphatic heterocycles. The minimum Gasteiger partial charge on any atom is -0.495 e. The maximum absolute atomic E-state index is 12.9. The number of H-pyrrole nitrogens is 1. The maximum Gasteiger partial charge on any atom is 0.243 e. The van der Waals surface area contributed by atoms with Crippen molar-refractivity contribution in [3.63, 3.8) is 0 Å². The summed E-state index contributed by atoms with van der Waals surface area (Å²) in [5.74, 6) is 1.12. The van der Waals surface area contributed by atoms with Crippen LogP contribution in [0.1, 0.15) is 6.92 Å². The van der Waals surface area contributed by atoms with Gasteiger partial charge in [-0.2, -0.15) is 14.3 Å². The van der Waals surface area contributed by atoms with E-state index in [9.17, 15) is 8.42 Å². The number of ether oxygens (including phenoxy) is 3. The minimum atomic E-state index is -3.63. The lowest BCUT2D eigenvalue weighted by Gasteiger charge is -2.26. The summed E-state index contributed by atoms with van der Waals surface area (Å²) in [5.41, 5.74) is 1.16. The highest BCUT2D eigenvalue weighted by Gasteiger charge is 2.27. The van der Waals surface area contributed by atoms with E-state index in [-0.39, 0.29) is 4.90 Å². The van der Waals surface area contributed by atoms with Gasteiger partial charge in [0.15, 0.2) is 0 Å². The third-order valence-corrected chi connectivity index (χ3v) is 6.58. The number of sulfonamides is 1. The second-order valence-corrected chi connectivity index (χ2v) is 8.47. The van der Waals surface area contributed by atoms with Gasteiger partial charge in [-0.15, -0.1) is 0 Å². The fraction of sp³-hybridized carbons (Fsp3) is 0.368. The molecule has 2 N–H and O–H groups in total. The normalized spacial score (nSPS) is 15.3. The van der Waals surface area contributed by atoms with Crippen molar-refractivity contribution in [3.05, 3.63) is 30.5 Å². The minimum absolute atomic E-state index is 0.155. The Morgan fingerprint density at radius 3 is 2.77 bits per heavy atom. The van der Waals surface area contributed by atoms with Crippen LogP contribution >= 0.6 is 0 Å². The highest BCUT2D eigenvalue weighted by molar-refractivity contribution is 7.89. The average Bonchev–Trinajstić information content (AvgIpc) is 3.24. The van der Waals surface area contributed by atoms with E-state index in [2.05, 4.69) is 20.3 Å². The van der Waals surface area contributed by atoms with Crippen LogP contribution in [0.3, 0.4) is 0 Å². The second-order valence-electron chi connectivity index (χ2n) is 6.53. The van der Waals surface area contributed by atoms with E-state index < -0.39 is 10.0 Å². The molecule has 3 heterocycles. The number of hydrogen-bond donors (Lipinski definition) is 2. The molecule has 0 bridgehead atoms. The van der Waals surface area contributed by atoms with Crippen molar-refractivity contribution in [2.45, 2.75) is 11.8 Å². The first-order chi connectivity index (χ1) is 14.5. The number of morpholine rings is 1. The van der Waals surface area contributed by atoms with Gasteiger partial charge >= 0.3 is 0 Å². The molecule has 4 rings (SSSR count). The lowest BCUT2D eigenvalue weighted by atomic mass is 10.3. The van der Waals surface area contributed by atoms with Gasteiger partial charge in [-0.3, -0.25) is 0 Å². The standard InChI is InChI=1S/C19H23N5O5S/c1-3-29-18-14-6-7-20-17(14)22-19(23-18)21-15-5-4-13(12-16(15)27-2)30(25,26)24-8-10-28-11-9-24/h4-7,12H,3,8-11H2,1-2H3,(H2,20,21,22,23). The monoisotopic (exact) mass is 433 g/mol. The fourth-order valence-corrected chi connectivity index (χ4v) is 4.63. The Morgan fingerprint density at radius 2 is 2.03 bits per heavy atom. The molecule has 0 spiro atoms. The SMILES string of the molecule is CCOc1nc(Nc2ccc(S(=O)(=O)N3CCOCC3)cc2OC)nc2[nH]ccc12. The molecule has 160 valence electrons. The number of methoxy groups -OCH3 is 1. The van der Waals surface area contributed by atoms with E-state index in [1.54, 1.807) is 12.3 Å². The van der Waals surface area contributed by atoms with Crippen LogP contribution in [0.15, 0.2) is 35.4 Å². The Bertz CT molecular complexity index is 1140. The Balaban J connectivity index is 1.65. The molecular weight excluding hydrogens is 410 g/mol. The summed E-state index contributed by atoms with van der Waals surface area (Å²) in [6.45, 7) is 3.77. The summed E-state index contributed by atoms with van der Waals surface area (Å²) in [7, 11) is -2.15. The number of aromatic nitrogens is 3. The molecule has 30 heavy (non-hydrogen) atoms. The van der Waals surface area contributed by atoms with Crippen molar-refractivity contribution >= 4 is 32.7 Å². The zero-order valence-corrected chi connectivity index (χ0v) is 17.5. The molecule has 2 aromatic heterocycles. The van der Waals surface area contributed by atoms with Crippen molar-refractivity contribution in [3.8, 4) is 11.6 Å². The van der Waals surface area contributed by atoms with Gasteiger partial charge in [0.25, 0.3) is 0 Å². The zero-order chi connectivity index (χ0) is 21.1. The van der Waals surface area contributed by atoms with E-state index >= 15 is 0 Å². The highest BCUT2D eigenvalue weighted by atomic mass is 32.2. The number of benzene rings is 1. The van der Waals surface area contributed by atoms with Crippen LogP contribution < -0.4 is 14.8 Å². The van der Waals surface area contributed by atoms with E-state index in [1.165, 1.54) is 23.5 Å². The molecule has 0 saturated carbocycles. The van der Waals surface area contributed by atoms with Gasteiger partial charge in [0, 0.05) is 25.4 Å². The first kappa shape index (κ1) is 20.4. The van der Waals surface area contributed by atoms with Crippen LogP contribution in [-0.4, -0.2) is 67.7 Å². The molecule has 0 radical (unpaired) electrons. The van der Waals surface area contributed by atoms with Crippen LogP contribution in [0.25, 0.3) is 11.0 Å². The lowest BCUT2D eigenvalue weighted by Crippen LogP contribution is -2.40. The highest BCUT2D eigenvalue weighted by Crippen LogP contribution is 2.32. The molecule has 1 saturated heterocycles. The molecule has 0 atom stereocenters. The third kappa shape index (κ3) is 3.91. The van der Waals surface area contributed by atoms with Crippen LogP contribution in [0.5, 0.6) is 11.6 Å². The predicted molar refractivity (Wildman–Crippen MR) is 111 cm³/mol. The van der Waals surface area contributed by atoms with E-state index in [4.69, 9.17) is 14.2 Å². The summed E-state index contributed by atoms with van der Waals surface area (Å²) in [5, 5.41) is 3.87. The molecule has 11 heteroatoms. The van der Waals surface area contributed by atoms with E-state index in [0.29, 0.717) is 61.8 Å². The topological polar surface area (TPSA) is 119 Å². The van der Waals surface area contributed by atoms with Gasteiger partial charge in [-0.1, -0.05) is 0 Å². The molecule has 0 unspecified atom stereocenters. The van der Waals surface area contributed by atoms with Gasteiger partial charge in [0.05, 0.1) is 42.9 Å². The van der Waals surface area contributed by atoms with Crippen molar-refractivity contribution in [2.75, 3.05) is 45.3 Å². The number of aromatic amines is 1. The quantitative estimate of drug-likeness (QED) is 0.582. The van der Waals surface area contributed by atoms with Gasteiger partial charge in [0.1, 0.15) is 11.4 Å². The smallest absolute Gasteiger partial charge is 0.243 e. The number of fused-ring (bicyclic) bond motifs is 1. The summed E-state index contributed by atoms with van der Waals surface area (Å²) in [6.07, 6.45) is 1.76. The molecule has 1 aliphatic rings. The van der Waals surface area contributed by atoms with Gasteiger partial charge in [-0.05, 0) is 25.1 Å². The van der Waals surface area contributed by atoms with Crippen LogP contribution in [0, 0.1) is 0 Å². The van der Waals surface area contributed by atoms with Crippen molar-refractivity contribution < 1.29 is 22.6 Å². The molecule has 1 aromatic carbocycles. The molecule has 0 amide bonds. The van der Waals surface area contributed by atoms with Gasteiger partial charge in [0.2, 0.25) is 21.9 Å². The summed E-state index contributed by atoms with van der Waals surface area (Å²) in [4.78, 5) is 12.1. The molecule has 10 nitrogen and oxygen atoms in total. The Kier molecular flexibility index (Phi) is 5.75. The Morgan fingerprint density at radius 1 is 1.23 bits per heavy atom. The van der Waals surface area contributed by atoms with E-state index in [0.717, 1.165) is 5.39 Å². The van der Waals surface area contributed by atoms with Crippen LogP contribution in [0.4, 0.5) is 11.6 Å². The number of anilines is 2. The summed E-state index contributed by atoms with van der Waals surface area (Å²) in [6, 6.07) is 6.50. The zero-order valence-electron chi connectivity index (χ0n) is 16.7.